The first-order chi connectivity index (χ1) is 10.5. The summed E-state index contributed by atoms with van der Waals surface area (Å²) in [6.45, 7) is 0. The summed E-state index contributed by atoms with van der Waals surface area (Å²) in [7, 11) is 3.48. The second-order valence-electron chi connectivity index (χ2n) is 4.59. The van der Waals surface area contributed by atoms with Gasteiger partial charge in [0, 0.05) is 29.0 Å². The summed E-state index contributed by atoms with van der Waals surface area (Å²) in [5.41, 5.74) is 4.20. The van der Waals surface area contributed by atoms with Crippen LogP contribution in [0.4, 0.5) is 0 Å². The number of carbonyl (C=O) groups excluding carboxylic acids is 1. The quantitative estimate of drug-likeness (QED) is 0.587. The maximum Gasteiger partial charge on any atom is 0.245 e. The molecule has 0 saturated heterocycles. The molecule has 1 aromatic carbocycles. The fourth-order valence-electron chi connectivity index (χ4n) is 1.95. The van der Waals surface area contributed by atoms with E-state index >= 15 is 0 Å². The summed E-state index contributed by atoms with van der Waals surface area (Å²) in [6.07, 6.45) is 3.73. The van der Waals surface area contributed by atoms with Gasteiger partial charge in [-0.3, -0.25) is 4.79 Å². The summed E-state index contributed by atoms with van der Waals surface area (Å²) >= 11 is 6.83. The molecule has 0 aliphatic carbocycles. The molecule has 0 aliphatic rings. The van der Waals surface area contributed by atoms with Crippen molar-refractivity contribution in [2.24, 2.45) is 12.1 Å². The lowest BCUT2D eigenvalue weighted by Gasteiger charge is -2.08. The maximum absolute atomic E-state index is 11.9. The number of hydrogen-bond donors (Lipinski definition) is 1. The number of carbonyl (C=O) groups is 1. The predicted octanol–water partition coefficient (Wildman–Crippen LogP) is 3.25. The SMILES string of the molecule is COc1c(Br)cc(Br)cc1/C=N\NC(=O)Cc1cccn1C. The Bertz CT molecular complexity index is 711. The van der Waals surface area contributed by atoms with Crippen LogP contribution in [-0.4, -0.2) is 23.8 Å². The number of benzene rings is 1. The number of nitrogens with zero attached hydrogens (tertiary/aromatic N) is 2. The zero-order valence-corrected chi connectivity index (χ0v) is 15.3. The van der Waals surface area contributed by atoms with Crippen LogP contribution in [0.15, 0.2) is 44.5 Å². The minimum absolute atomic E-state index is 0.175. The van der Waals surface area contributed by atoms with Crippen LogP contribution < -0.4 is 10.2 Å². The number of hydrogen-bond acceptors (Lipinski definition) is 3. The Kier molecular flexibility index (Phi) is 5.79. The van der Waals surface area contributed by atoms with E-state index in [-0.39, 0.29) is 12.3 Å². The zero-order chi connectivity index (χ0) is 16.1. The van der Waals surface area contributed by atoms with Gasteiger partial charge >= 0.3 is 0 Å². The number of methoxy groups -OCH3 is 1. The van der Waals surface area contributed by atoms with Gasteiger partial charge in [0.05, 0.1) is 24.2 Å². The Labute approximate surface area is 145 Å². The van der Waals surface area contributed by atoms with Gasteiger partial charge < -0.3 is 9.30 Å². The number of aromatic nitrogens is 1. The lowest BCUT2D eigenvalue weighted by atomic mass is 10.2. The number of halogens is 2. The van der Waals surface area contributed by atoms with Crippen LogP contribution in [0.1, 0.15) is 11.3 Å². The third kappa shape index (κ3) is 4.20. The second kappa shape index (κ2) is 7.60. The largest absolute Gasteiger partial charge is 0.495 e. The Morgan fingerprint density at radius 3 is 2.86 bits per heavy atom. The van der Waals surface area contributed by atoms with Crippen molar-refractivity contribution in [3.63, 3.8) is 0 Å². The molecule has 22 heavy (non-hydrogen) atoms. The van der Waals surface area contributed by atoms with Crippen LogP contribution in [0.3, 0.4) is 0 Å². The molecule has 1 aromatic heterocycles. The fraction of sp³-hybridized carbons (Fsp3) is 0.200. The average Bonchev–Trinajstić information content (AvgIpc) is 2.84. The van der Waals surface area contributed by atoms with Crippen LogP contribution in [0.25, 0.3) is 0 Å². The van der Waals surface area contributed by atoms with Gasteiger partial charge in [-0.25, -0.2) is 5.43 Å². The third-order valence-electron chi connectivity index (χ3n) is 3.03. The third-order valence-corrected chi connectivity index (χ3v) is 4.07. The van der Waals surface area contributed by atoms with Crippen LogP contribution in [-0.2, 0) is 18.3 Å². The topological polar surface area (TPSA) is 55.6 Å². The fourth-order valence-corrected chi connectivity index (χ4v) is 3.37. The van der Waals surface area contributed by atoms with E-state index < -0.39 is 0 Å². The number of ether oxygens (including phenoxy) is 1. The van der Waals surface area contributed by atoms with Crippen molar-refractivity contribution in [2.45, 2.75) is 6.42 Å². The first-order valence-electron chi connectivity index (χ1n) is 6.46. The molecule has 7 heteroatoms. The van der Waals surface area contributed by atoms with Crippen molar-refractivity contribution in [3.8, 4) is 5.75 Å². The molecule has 2 rings (SSSR count). The van der Waals surface area contributed by atoms with Gasteiger partial charge in [0.2, 0.25) is 5.91 Å². The van der Waals surface area contributed by atoms with Crippen LogP contribution in [0.2, 0.25) is 0 Å². The molecule has 0 fully saturated rings. The van der Waals surface area contributed by atoms with Crippen LogP contribution in [0.5, 0.6) is 5.75 Å². The van der Waals surface area contributed by atoms with Gasteiger partial charge in [-0.2, -0.15) is 5.10 Å². The van der Waals surface area contributed by atoms with E-state index in [2.05, 4.69) is 42.4 Å². The molecule has 116 valence electrons. The average molecular weight is 429 g/mol. The predicted molar refractivity (Wildman–Crippen MR) is 93.2 cm³/mol. The number of hydrazone groups is 1. The normalized spacial score (nSPS) is 10.9. The summed E-state index contributed by atoms with van der Waals surface area (Å²) in [6, 6.07) is 7.54. The Hall–Kier alpha value is -1.60. The molecule has 2 aromatic rings. The summed E-state index contributed by atoms with van der Waals surface area (Å²) in [4.78, 5) is 11.9. The van der Waals surface area contributed by atoms with Gasteiger partial charge in [-0.05, 0) is 40.2 Å². The molecular weight excluding hydrogens is 414 g/mol. The Morgan fingerprint density at radius 2 is 2.23 bits per heavy atom. The smallest absolute Gasteiger partial charge is 0.245 e. The number of rotatable bonds is 5. The van der Waals surface area contributed by atoms with Crippen molar-refractivity contribution in [2.75, 3.05) is 7.11 Å². The summed E-state index contributed by atoms with van der Waals surface area (Å²) in [5, 5.41) is 3.99. The van der Waals surface area contributed by atoms with E-state index in [4.69, 9.17) is 4.74 Å². The van der Waals surface area contributed by atoms with Crippen LogP contribution >= 0.6 is 31.9 Å². The molecular formula is C15H15Br2N3O2. The number of nitrogens with one attached hydrogen (secondary N) is 1. The van der Waals surface area contributed by atoms with E-state index in [0.29, 0.717) is 5.75 Å². The van der Waals surface area contributed by atoms with Crippen molar-refractivity contribution in [1.29, 1.82) is 0 Å². The molecule has 0 bridgehead atoms. The van der Waals surface area contributed by atoms with E-state index in [1.54, 1.807) is 13.3 Å². The minimum Gasteiger partial charge on any atom is -0.495 e. The highest BCUT2D eigenvalue weighted by Gasteiger charge is 2.08. The van der Waals surface area contributed by atoms with E-state index in [1.165, 1.54) is 0 Å². The molecule has 0 spiro atoms. The Morgan fingerprint density at radius 1 is 1.45 bits per heavy atom. The highest BCUT2D eigenvalue weighted by atomic mass is 79.9. The zero-order valence-electron chi connectivity index (χ0n) is 12.1. The molecule has 0 unspecified atom stereocenters. The summed E-state index contributed by atoms with van der Waals surface area (Å²) in [5.74, 6) is 0.481. The van der Waals surface area contributed by atoms with Crippen molar-refractivity contribution >= 4 is 44.0 Å². The molecule has 1 N–H and O–H groups in total. The second-order valence-corrected chi connectivity index (χ2v) is 6.36. The van der Waals surface area contributed by atoms with Gasteiger partial charge in [0.1, 0.15) is 5.75 Å². The van der Waals surface area contributed by atoms with E-state index in [9.17, 15) is 4.79 Å². The first-order valence-corrected chi connectivity index (χ1v) is 8.05. The lowest BCUT2D eigenvalue weighted by molar-refractivity contribution is -0.120. The Balaban J connectivity index is 2.03. The first kappa shape index (κ1) is 16.8. The number of aryl methyl sites for hydroxylation is 1. The monoisotopic (exact) mass is 427 g/mol. The highest BCUT2D eigenvalue weighted by Crippen LogP contribution is 2.31. The van der Waals surface area contributed by atoms with Crippen molar-refractivity contribution in [3.05, 3.63) is 50.7 Å². The van der Waals surface area contributed by atoms with E-state index in [1.807, 2.05) is 42.1 Å². The number of amides is 1. The van der Waals surface area contributed by atoms with Crippen LogP contribution in [0, 0.1) is 0 Å². The standard InChI is InChI=1S/C15H15Br2N3O2/c1-20-5-3-4-12(20)8-14(21)19-18-9-10-6-11(16)7-13(17)15(10)22-2/h3-7,9H,8H2,1-2H3,(H,19,21)/b18-9-. The van der Waals surface area contributed by atoms with Gasteiger partial charge in [-0.1, -0.05) is 15.9 Å². The van der Waals surface area contributed by atoms with Crippen molar-refractivity contribution in [1.82, 2.24) is 9.99 Å². The van der Waals surface area contributed by atoms with Gasteiger partial charge in [0.15, 0.2) is 0 Å². The lowest BCUT2D eigenvalue weighted by Crippen LogP contribution is -2.20. The molecule has 5 nitrogen and oxygen atoms in total. The molecule has 0 atom stereocenters. The minimum atomic E-state index is -0.175. The van der Waals surface area contributed by atoms with Gasteiger partial charge in [0.25, 0.3) is 0 Å². The molecule has 0 radical (unpaired) electrons. The molecule has 0 saturated carbocycles. The summed E-state index contributed by atoms with van der Waals surface area (Å²) < 4.78 is 8.91. The maximum atomic E-state index is 11.9. The van der Waals surface area contributed by atoms with Gasteiger partial charge in [-0.15, -0.1) is 0 Å². The van der Waals surface area contributed by atoms with Crippen molar-refractivity contribution < 1.29 is 9.53 Å². The molecule has 0 aliphatic heterocycles. The molecule has 1 heterocycles. The highest BCUT2D eigenvalue weighted by molar-refractivity contribution is 9.11. The molecule has 1 amide bonds. The van der Waals surface area contributed by atoms with E-state index in [0.717, 1.165) is 20.2 Å².